The lowest BCUT2D eigenvalue weighted by atomic mass is 10.2. The zero-order chi connectivity index (χ0) is 8.27. The molecule has 11 heavy (non-hydrogen) atoms. The molecule has 1 amide bonds. The maximum Gasteiger partial charge on any atom is 0.235 e. The van der Waals surface area contributed by atoms with Crippen molar-refractivity contribution in [2.45, 2.75) is 17.9 Å². The van der Waals surface area contributed by atoms with Gasteiger partial charge in [-0.05, 0) is 0 Å². The highest BCUT2D eigenvalue weighted by atomic mass is 35.5. The number of primary amides is 1. The van der Waals surface area contributed by atoms with Crippen LogP contribution in [-0.4, -0.2) is 30.8 Å². The number of nitrogens with two attached hydrogens (primary N) is 1. The van der Waals surface area contributed by atoms with E-state index in [9.17, 15) is 4.79 Å². The Morgan fingerprint density at radius 2 is 2.55 bits per heavy atom. The van der Waals surface area contributed by atoms with Gasteiger partial charge in [-0.3, -0.25) is 4.79 Å². The molecule has 2 atom stereocenters. The van der Waals surface area contributed by atoms with Crippen molar-refractivity contribution in [3.8, 4) is 0 Å². The van der Waals surface area contributed by atoms with Gasteiger partial charge in [-0.25, -0.2) is 0 Å². The minimum Gasteiger partial charge on any atom is -0.368 e. The van der Waals surface area contributed by atoms with Crippen molar-refractivity contribution in [1.82, 2.24) is 0 Å². The highest BCUT2D eigenvalue weighted by Crippen LogP contribution is 2.12. The molecule has 0 aliphatic carbocycles. The van der Waals surface area contributed by atoms with E-state index >= 15 is 0 Å². The van der Waals surface area contributed by atoms with Crippen molar-refractivity contribution in [3.05, 3.63) is 0 Å². The monoisotopic (exact) mass is 179 g/mol. The van der Waals surface area contributed by atoms with E-state index in [1.165, 1.54) is 0 Å². The summed E-state index contributed by atoms with van der Waals surface area (Å²) in [6.07, 6.45) is 0.349. The highest BCUT2D eigenvalue weighted by Gasteiger charge is 2.22. The van der Waals surface area contributed by atoms with Crippen LogP contribution in [0.4, 0.5) is 0 Å². The maximum atomic E-state index is 10.5. The zero-order valence-corrected chi connectivity index (χ0v) is 6.71. The second kappa shape index (κ2) is 3.90. The fraction of sp³-hybridized carbons (Fsp3) is 0.833. The summed E-state index contributed by atoms with van der Waals surface area (Å²) in [5.41, 5.74) is 4.95. The van der Waals surface area contributed by atoms with E-state index in [1.807, 2.05) is 0 Å². The smallest absolute Gasteiger partial charge is 0.235 e. The fourth-order valence-corrected chi connectivity index (χ4v) is 1.05. The molecule has 0 aromatic heterocycles. The molecule has 0 spiro atoms. The van der Waals surface area contributed by atoms with Crippen LogP contribution in [0.2, 0.25) is 0 Å². The van der Waals surface area contributed by atoms with Crippen molar-refractivity contribution in [3.63, 3.8) is 0 Å². The Morgan fingerprint density at radius 3 is 3.00 bits per heavy atom. The van der Waals surface area contributed by atoms with E-state index in [4.69, 9.17) is 26.8 Å². The third-order valence-corrected chi connectivity index (χ3v) is 1.86. The number of amides is 1. The number of rotatable bonds is 3. The molecule has 0 aromatic carbocycles. The third-order valence-electron chi connectivity index (χ3n) is 1.47. The quantitative estimate of drug-likeness (QED) is 0.613. The molecule has 2 unspecified atom stereocenters. The predicted octanol–water partition coefficient (Wildman–Crippen LogP) is -0.158. The Balaban J connectivity index is 2.23. The molecule has 5 heteroatoms. The van der Waals surface area contributed by atoms with E-state index in [2.05, 4.69) is 0 Å². The van der Waals surface area contributed by atoms with Crippen molar-refractivity contribution in [2.75, 3.05) is 13.4 Å². The SMILES string of the molecule is NC(=O)C(Cl)CC1COCO1. The van der Waals surface area contributed by atoms with Crippen molar-refractivity contribution in [2.24, 2.45) is 5.73 Å². The van der Waals surface area contributed by atoms with Crippen LogP contribution in [0.3, 0.4) is 0 Å². The van der Waals surface area contributed by atoms with Gasteiger partial charge in [-0.1, -0.05) is 0 Å². The molecular formula is C6H10ClNO3. The number of alkyl halides is 1. The van der Waals surface area contributed by atoms with E-state index < -0.39 is 11.3 Å². The van der Waals surface area contributed by atoms with Crippen molar-refractivity contribution < 1.29 is 14.3 Å². The summed E-state index contributed by atoms with van der Waals surface area (Å²) in [5, 5.41) is -0.651. The van der Waals surface area contributed by atoms with Crippen LogP contribution in [0, 0.1) is 0 Å². The van der Waals surface area contributed by atoms with Gasteiger partial charge in [0, 0.05) is 6.42 Å². The van der Waals surface area contributed by atoms with Gasteiger partial charge >= 0.3 is 0 Å². The lowest BCUT2D eigenvalue weighted by Gasteiger charge is -2.08. The average Bonchev–Trinajstić information content (AvgIpc) is 2.39. The minimum absolute atomic E-state index is 0.0787. The van der Waals surface area contributed by atoms with Gasteiger partial charge < -0.3 is 15.2 Å². The number of ether oxygens (including phenoxy) is 2. The standard InChI is InChI=1S/C6H10ClNO3/c7-5(6(8)9)1-4-2-10-3-11-4/h4-5H,1-3H2,(H2,8,9). The van der Waals surface area contributed by atoms with Gasteiger partial charge in [-0.15, -0.1) is 11.6 Å². The number of carbonyl (C=O) groups is 1. The van der Waals surface area contributed by atoms with Crippen molar-refractivity contribution >= 4 is 17.5 Å². The molecule has 0 radical (unpaired) electrons. The Labute approximate surface area is 69.6 Å². The summed E-state index contributed by atoms with van der Waals surface area (Å²) < 4.78 is 9.96. The average molecular weight is 180 g/mol. The van der Waals surface area contributed by atoms with E-state index in [1.54, 1.807) is 0 Å². The van der Waals surface area contributed by atoms with Crippen LogP contribution in [0.1, 0.15) is 6.42 Å². The first-order valence-electron chi connectivity index (χ1n) is 3.33. The first-order chi connectivity index (χ1) is 5.20. The number of halogens is 1. The summed E-state index contributed by atoms with van der Waals surface area (Å²) in [7, 11) is 0. The summed E-state index contributed by atoms with van der Waals surface area (Å²) in [6, 6.07) is 0. The molecule has 0 bridgehead atoms. The van der Waals surface area contributed by atoms with Gasteiger partial charge in [0.25, 0.3) is 0 Å². The molecule has 0 aromatic rings. The van der Waals surface area contributed by atoms with Crippen LogP contribution in [0.5, 0.6) is 0 Å². The van der Waals surface area contributed by atoms with Crippen LogP contribution >= 0.6 is 11.6 Å². The molecule has 1 heterocycles. The molecule has 4 nitrogen and oxygen atoms in total. The molecular weight excluding hydrogens is 170 g/mol. The van der Waals surface area contributed by atoms with Crippen molar-refractivity contribution in [1.29, 1.82) is 0 Å². The molecule has 2 N–H and O–H groups in total. The Bertz CT molecular complexity index is 147. The topological polar surface area (TPSA) is 61.6 Å². The second-order valence-corrected chi connectivity index (χ2v) is 2.91. The summed E-state index contributed by atoms with van der Waals surface area (Å²) in [4.78, 5) is 10.5. The van der Waals surface area contributed by atoms with E-state index in [0.717, 1.165) is 0 Å². The van der Waals surface area contributed by atoms with Crippen LogP contribution in [-0.2, 0) is 14.3 Å². The summed E-state index contributed by atoms with van der Waals surface area (Å²) in [5.74, 6) is -0.512. The van der Waals surface area contributed by atoms with Gasteiger partial charge in [-0.2, -0.15) is 0 Å². The minimum atomic E-state index is -0.651. The molecule has 1 saturated heterocycles. The highest BCUT2D eigenvalue weighted by molar-refractivity contribution is 6.30. The van der Waals surface area contributed by atoms with Crippen LogP contribution < -0.4 is 5.73 Å². The normalized spacial score (nSPS) is 26.8. The molecule has 1 rings (SSSR count). The van der Waals surface area contributed by atoms with Gasteiger partial charge in [0.15, 0.2) is 0 Å². The van der Waals surface area contributed by atoms with Gasteiger partial charge in [0.1, 0.15) is 12.2 Å². The summed E-state index contributed by atoms with van der Waals surface area (Å²) >= 11 is 5.59. The zero-order valence-electron chi connectivity index (χ0n) is 5.96. The molecule has 1 aliphatic heterocycles. The number of hydrogen-bond acceptors (Lipinski definition) is 3. The van der Waals surface area contributed by atoms with Gasteiger partial charge in [0.05, 0.1) is 12.7 Å². The summed E-state index contributed by atoms with van der Waals surface area (Å²) in [6.45, 7) is 0.781. The van der Waals surface area contributed by atoms with E-state index in [-0.39, 0.29) is 12.9 Å². The Morgan fingerprint density at radius 1 is 1.82 bits per heavy atom. The first-order valence-corrected chi connectivity index (χ1v) is 3.76. The second-order valence-electron chi connectivity index (χ2n) is 2.38. The van der Waals surface area contributed by atoms with E-state index in [0.29, 0.717) is 13.0 Å². The predicted molar refractivity (Wildman–Crippen MR) is 39.1 cm³/mol. The molecule has 1 aliphatic rings. The first kappa shape index (κ1) is 8.77. The lowest BCUT2D eigenvalue weighted by molar-refractivity contribution is -0.118. The lowest BCUT2D eigenvalue weighted by Crippen LogP contribution is -2.28. The number of carbonyl (C=O) groups excluding carboxylic acids is 1. The number of hydrogen-bond donors (Lipinski definition) is 1. The van der Waals surface area contributed by atoms with Gasteiger partial charge in [0.2, 0.25) is 5.91 Å². The fourth-order valence-electron chi connectivity index (χ4n) is 0.855. The molecule has 1 fully saturated rings. The largest absolute Gasteiger partial charge is 0.368 e. The molecule has 0 saturated carbocycles. The maximum absolute atomic E-state index is 10.5. The van der Waals surface area contributed by atoms with Crippen LogP contribution in [0.25, 0.3) is 0 Å². The van der Waals surface area contributed by atoms with Crippen LogP contribution in [0.15, 0.2) is 0 Å². The Kier molecular flexibility index (Phi) is 3.11. The Hall–Kier alpha value is -0.320. The third kappa shape index (κ3) is 2.65. The molecule has 64 valence electrons.